The zero-order chi connectivity index (χ0) is 14.4. The normalized spacial score (nSPS) is 11.3. The average Bonchev–Trinajstić information content (AvgIpc) is 2.49. The SMILES string of the molecule is CCCC(C(=O)[O-])N(c1ccccc1)c1ccccc1.[Na+]. The molecule has 104 valence electrons. The number of rotatable bonds is 6. The number of carboxylic acid groups (broad SMARTS) is 1. The largest absolute Gasteiger partial charge is 1.00 e. The molecule has 4 heteroatoms. The van der Waals surface area contributed by atoms with Crippen LogP contribution in [0.5, 0.6) is 0 Å². The van der Waals surface area contributed by atoms with E-state index in [1.165, 1.54) is 0 Å². The fourth-order valence-electron chi connectivity index (χ4n) is 2.31. The van der Waals surface area contributed by atoms with Crippen LogP contribution in [-0.4, -0.2) is 12.0 Å². The minimum atomic E-state index is -1.04. The van der Waals surface area contributed by atoms with Crippen molar-refractivity contribution in [2.75, 3.05) is 4.90 Å². The molecule has 0 saturated heterocycles. The summed E-state index contributed by atoms with van der Waals surface area (Å²) >= 11 is 0. The fourth-order valence-corrected chi connectivity index (χ4v) is 2.31. The van der Waals surface area contributed by atoms with Crippen molar-refractivity contribution in [2.45, 2.75) is 25.8 Å². The number of hydrogen-bond donors (Lipinski definition) is 0. The third-order valence-electron chi connectivity index (χ3n) is 3.21. The van der Waals surface area contributed by atoms with E-state index in [4.69, 9.17) is 0 Å². The van der Waals surface area contributed by atoms with Gasteiger partial charge < -0.3 is 14.8 Å². The summed E-state index contributed by atoms with van der Waals surface area (Å²) in [5, 5.41) is 11.5. The maximum atomic E-state index is 11.5. The third-order valence-corrected chi connectivity index (χ3v) is 3.21. The van der Waals surface area contributed by atoms with E-state index in [9.17, 15) is 9.90 Å². The summed E-state index contributed by atoms with van der Waals surface area (Å²) in [6, 6.07) is 18.5. The van der Waals surface area contributed by atoms with Crippen LogP contribution in [0, 0.1) is 0 Å². The number of nitrogens with zero attached hydrogens (tertiary/aromatic N) is 1. The number of carbonyl (C=O) groups excluding carboxylic acids is 1. The number of anilines is 2. The molecule has 0 aliphatic rings. The van der Waals surface area contributed by atoms with Gasteiger partial charge in [0.15, 0.2) is 0 Å². The minimum Gasteiger partial charge on any atom is -0.548 e. The van der Waals surface area contributed by atoms with Crippen LogP contribution in [0.3, 0.4) is 0 Å². The van der Waals surface area contributed by atoms with Crippen LogP contribution in [-0.2, 0) is 4.79 Å². The summed E-state index contributed by atoms with van der Waals surface area (Å²) in [5.74, 6) is -1.04. The predicted octanol–water partition coefficient (Wildman–Crippen LogP) is -0.253. The van der Waals surface area contributed by atoms with Crippen LogP contribution in [0.2, 0.25) is 0 Å². The number of carboxylic acids is 1. The van der Waals surface area contributed by atoms with E-state index < -0.39 is 12.0 Å². The summed E-state index contributed by atoms with van der Waals surface area (Å²) in [4.78, 5) is 13.4. The van der Waals surface area contributed by atoms with Crippen molar-refractivity contribution in [1.29, 1.82) is 0 Å². The van der Waals surface area contributed by atoms with Gasteiger partial charge in [-0.25, -0.2) is 0 Å². The van der Waals surface area contributed by atoms with E-state index in [1.807, 2.05) is 72.5 Å². The Bertz CT molecular complexity index is 506. The predicted molar refractivity (Wildman–Crippen MR) is 78.7 cm³/mol. The van der Waals surface area contributed by atoms with Crippen molar-refractivity contribution in [2.24, 2.45) is 0 Å². The molecule has 0 N–H and O–H groups in total. The summed E-state index contributed by atoms with van der Waals surface area (Å²) in [6.45, 7) is 1.98. The first kappa shape index (κ1) is 17.8. The van der Waals surface area contributed by atoms with Crippen molar-refractivity contribution in [1.82, 2.24) is 0 Å². The number of benzene rings is 2. The molecule has 0 aliphatic carbocycles. The van der Waals surface area contributed by atoms with E-state index in [0.29, 0.717) is 6.42 Å². The maximum Gasteiger partial charge on any atom is 1.00 e. The van der Waals surface area contributed by atoms with Gasteiger partial charge in [0.05, 0.1) is 12.0 Å². The second-order valence-electron chi connectivity index (χ2n) is 4.66. The standard InChI is InChI=1S/C17H19NO2.Na/c1-2-9-16(17(19)20)18(14-10-5-3-6-11-14)15-12-7-4-8-13-15;/h3-8,10-13,16H,2,9H2,1H3,(H,19,20);/q;+1/p-1. The number of aliphatic carboxylic acids is 1. The molecular weight excluding hydrogens is 273 g/mol. The monoisotopic (exact) mass is 291 g/mol. The van der Waals surface area contributed by atoms with E-state index in [1.54, 1.807) is 0 Å². The van der Waals surface area contributed by atoms with Crippen LogP contribution in [0.15, 0.2) is 60.7 Å². The molecule has 0 bridgehead atoms. The maximum absolute atomic E-state index is 11.5. The number of hydrogen-bond acceptors (Lipinski definition) is 3. The van der Waals surface area contributed by atoms with Crippen LogP contribution in [0.4, 0.5) is 11.4 Å². The smallest absolute Gasteiger partial charge is 0.548 e. The summed E-state index contributed by atoms with van der Waals surface area (Å²) in [7, 11) is 0. The van der Waals surface area contributed by atoms with Crippen LogP contribution >= 0.6 is 0 Å². The molecule has 0 saturated carbocycles. The topological polar surface area (TPSA) is 43.4 Å². The zero-order valence-electron chi connectivity index (χ0n) is 12.5. The number of para-hydroxylation sites is 2. The first-order valence-electron chi connectivity index (χ1n) is 6.84. The molecule has 0 radical (unpaired) electrons. The van der Waals surface area contributed by atoms with Gasteiger partial charge in [-0.1, -0.05) is 49.7 Å². The quantitative estimate of drug-likeness (QED) is 0.689. The van der Waals surface area contributed by atoms with Gasteiger partial charge in [0.1, 0.15) is 0 Å². The molecule has 2 aromatic rings. The Labute approximate surface area is 147 Å². The van der Waals surface area contributed by atoms with E-state index in [2.05, 4.69) is 0 Å². The zero-order valence-corrected chi connectivity index (χ0v) is 14.5. The van der Waals surface area contributed by atoms with Crippen molar-refractivity contribution < 1.29 is 39.5 Å². The van der Waals surface area contributed by atoms with Crippen molar-refractivity contribution >= 4 is 17.3 Å². The molecule has 21 heavy (non-hydrogen) atoms. The minimum absolute atomic E-state index is 0. The van der Waals surface area contributed by atoms with Crippen LogP contribution in [0.25, 0.3) is 0 Å². The van der Waals surface area contributed by atoms with Gasteiger partial charge in [0.25, 0.3) is 0 Å². The van der Waals surface area contributed by atoms with Gasteiger partial charge in [-0.05, 0) is 30.7 Å². The van der Waals surface area contributed by atoms with Gasteiger partial charge in [-0.3, -0.25) is 0 Å². The Balaban J connectivity index is 0.00000220. The Morgan fingerprint density at radius 3 is 1.76 bits per heavy atom. The van der Waals surface area contributed by atoms with Crippen molar-refractivity contribution in [3.05, 3.63) is 60.7 Å². The molecule has 3 nitrogen and oxygen atoms in total. The van der Waals surface area contributed by atoms with Gasteiger partial charge >= 0.3 is 29.6 Å². The third kappa shape index (κ3) is 4.60. The first-order chi connectivity index (χ1) is 9.74. The van der Waals surface area contributed by atoms with Crippen molar-refractivity contribution in [3.8, 4) is 0 Å². The Kier molecular flexibility index (Phi) is 7.51. The first-order valence-corrected chi connectivity index (χ1v) is 6.84. The van der Waals surface area contributed by atoms with Crippen LogP contribution < -0.4 is 39.6 Å². The summed E-state index contributed by atoms with van der Waals surface area (Å²) in [6.07, 6.45) is 1.33. The van der Waals surface area contributed by atoms with Gasteiger partial charge in [-0.15, -0.1) is 0 Å². The molecule has 0 fully saturated rings. The molecule has 1 atom stereocenters. The van der Waals surface area contributed by atoms with E-state index >= 15 is 0 Å². The molecule has 2 rings (SSSR count). The van der Waals surface area contributed by atoms with Gasteiger partial charge in [0.2, 0.25) is 0 Å². The second-order valence-corrected chi connectivity index (χ2v) is 4.66. The van der Waals surface area contributed by atoms with Crippen molar-refractivity contribution in [3.63, 3.8) is 0 Å². The second kappa shape index (κ2) is 8.88. The Hall–Kier alpha value is -1.29. The molecular formula is C17H18NNaO2. The molecule has 0 aliphatic heterocycles. The Morgan fingerprint density at radius 2 is 1.43 bits per heavy atom. The van der Waals surface area contributed by atoms with Crippen LogP contribution in [0.1, 0.15) is 19.8 Å². The molecule has 0 aromatic heterocycles. The van der Waals surface area contributed by atoms with Gasteiger partial charge in [0, 0.05) is 11.4 Å². The molecule has 1 unspecified atom stereocenters. The Morgan fingerprint density at radius 1 is 1.00 bits per heavy atom. The van der Waals surface area contributed by atoms with Gasteiger partial charge in [-0.2, -0.15) is 0 Å². The fraction of sp³-hybridized carbons (Fsp3) is 0.235. The molecule has 0 heterocycles. The van der Waals surface area contributed by atoms with E-state index in [-0.39, 0.29) is 29.6 Å². The van der Waals surface area contributed by atoms with E-state index in [0.717, 1.165) is 17.8 Å². The molecule has 0 amide bonds. The average molecular weight is 291 g/mol. The molecule has 2 aromatic carbocycles. The summed E-state index contributed by atoms with van der Waals surface area (Å²) < 4.78 is 0. The molecule has 0 spiro atoms. The number of carbonyl (C=O) groups is 1. The summed E-state index contributed by atoms with van der Waals surface area (Å²) in [5.41, 5.74) is 1.72.